The van der Waals surface area contributed by atoms with E-state index in [-0.39, 0.29) is 5.91 Å². The molecule has 102 valence electrons. The van der Waals surface area contributed by atoms with E-state index in [2.05, 4.69) is 36.5 Å². The third kappa shape index (κ3) is 2.81. The molecule has 1 amide bonds. The van der Waals surface area contributed by atoms with Crippen LogP contribution in [-0.2, 0) is 11.2 Å². The topological polar surface area (TPSA) is 32.3 Å². The number of aryl methyl sites for hydroxylation is 1. The van der Waals surface area contributed by atoms with Crippen molar-refractivity contribution in [3.63, 3.8) is 0 Å². The second kappa shape index (κ2) is 5.33. The van der Waals surface area contributed by atoms with E-state index in [0.29, 0.717) is 18.4 Å². The number of nitrogens with zero attached hydrogens (tertiary/aromatic N) is 1. The quantitative estimate of drug-likeness (QED) is 0.876. The van der Waals surface area contributed by atoms with Gasteiger partial charge in [0, 0.05) is 19.1 Å². The summed E-state index contributed by atoms with van der Waals surface area (Å²) in [6, 6.07) is 8.82. The average molecular weight is 258 g/mol. The fraction of sp³-hybridized carbons (Fsp3) is 0.562. The van der Waals surface area contributed by atoms with Crippen LogP contribution in [0, 0.1) is 12.8 Å². The van der Waals surface area contributed by atoms with Crippen LogP contribution in [0.25, 0.3) is 0 Å². The smallest absolute Gasteiger partial charge is 0.227 e. The molecule has 0 aliphatic carbocycles. The number of carbonyl (C=O) groups is 1. The lowest BCUT2D eigenvalue weighted by Crippen LogP contribution is -2.41. The Bertz CT molecular complexity index is 440. The number of hydrogen-bond acceptors (Lipinski definition) is 2. The number of nitrogens with one attached hydrogen (secondary N) is 1. The van der Waals surface area contributed by atoms with Crippen molar-refractivity contribution in [3.05, 3.63) is 35.4 Å². The SMILES string of the molecule is Cc1ccc(CC(=O)N2CC3CCCNC3C2)cc1. The summed E-state index contributed by atoms with van der Waals surface area (Å²) in [5.74, 6) is 0.954. The molecule has 0 radical (unpaired) electrons. The van der Waals surface area contributed by atoms with Crippen LogP contribution in [0.3, 0.4) is 0 Å². The van der Waals surface area contributed by atoms with Gasteiger partial charge in [-0.05, 0) is 37.8 Å². The van der Waals surface area contributed by atoms with Gasteiger partial charge < -0.3 is 10.2 Å². The molecule has 3 heteroatoms. The van der Waals surface area contributed by atoms with E-state index >= 15 is 0 Å². The highest BCUT2D eigenvalue weighted by Gasteiger charge is 2.36. The first-order valence-corrected chi connectivity index (χ1v) is 7.29. The van der Waals surface area contributed by atoms with Crippen LogP contribution in [0.4, 0.5) is 0 Å². The van der Waals surface area contributed by atoms with Gasteiger partial charge in [-0.3, -0.25) is 4.79 Å². The Hall–Kier alpha value is -1.35. The zero-order valence-electron chi connectivity index (χ0n) is 11.6. The van der Waals surface area contributed by atoms with Crippen LogP contribution in [0.2, 0.25) is 0 Å². The van der Waals surface area contributed by atoms with E-state index in [4.69, 9.17) is 0 Å². The number of carbonyl (C=O) groups excluding carboxylic acids is 1. The van der Waals surface area contributed by atoms with Gasteiger partial charge in [-0.25, -0.2) is 0 Å². The standard InChI is InChI=1S/C16H22N2O/c1-12-4-6-13(7-5-12)9-16(19)18-10-14-3-2-8-17-15(14)11-18/h4-7,14-15,17H,2-3,8-11H2,1H3. The van der Waals surface area contributed by atoms with Gasteiger partial charge in [-0.15, -0.1) is 0 Å². The van der Waals surface area contributed by atoms with Gasteiger partial charge in [-0.2, -0.15) is 0 Å². The molecule has 2 aliphatic heterocycles. The minimum Gasteiger partial charge on any atom is -0.341 e. The monoisotopic (exact) mass is 258 g/mol. The minimum absolute atomic E-state index is 0.278. The Kier molecular flexibility index (Phi) is 3.56. The molecule has 2 saturated heterocycles. The van der Waals surface area contributed by atoms with Gasteiger partial charge >= 0.3 is 0 Å². The summed E-state index contributed by atoms with van der Waals surface area (Å²) < 4.78 is 0. The third-order valence-electron chi connectivity index (χ3n) is 4.43. The molecule has 2 aliphatic rings. The number of hydrogen-bond donors (Lipinski definition) is 1. The summed E-state index contributed by atoms with van der Waals surface area (Å²) in [6.07, 6.45) is 3.06. The summed E-state index contributed by atoms with van der Waals surface area (Å²) in [7, 11) is 0. The van der Waals surface area contributed by atoms with Crippen molar-refractivity contribution >= 4 is 5.91 Å². The first kappa shape index (κ1) is 12.7. The highest BCUT2D eigenvalue weighted by atomic mass is 16.2. The summed E-state index contributed by atoms with van der Waals surface area (Å²) in [6.45, 7) is 5.03. The van der Waals surface area contributed by atoms with E-state index in [1.807, 2.05) is 4.90 Å². The molecule has 2 fully saturated rings. The predicted octanol–water partition coefficient (Wildman–Crippen LogP) is 1.75. The van der Waals surface area contributed by atoms with E-state index in [0.717, 1.165) is 25.2 Å². The minimum atomic E-state index is 0.278. The lowest BCUT2D eigenvalue weighted by molar-refractivity contribution is -0.129. The Morgan fingerprint density at radius 3 is 2.84 bits per heavy atom. The highest BCUT2D eigenvalue weighted by molar-refractivity contribution is 5.79. The van der Waals surface area contributed by atoms with Gasteiger partial charge in [0.15, 0.2) is 0 Å². The number of piperidine rings is 1. The van der Waals surface area contributed by atoms with Gasteiger partial charge in [0.1, 0.15) is 0 Å². The van der Waals surface area contributed by atoms with E-state index in [1.165, 1.54) is 18.4 Å². The zero-order valence-corrected chi connectivity index (χ0v) is 11.6. The molecule has 3 rings (SSSR count). The van der Waals surface area contributed by atoms with Crippen molar-refractivity contribution in [2.75, 3.05) is 19.6 Å². The van der Waals surface area contributed by atoms with Crippen LogP contribution in [0.1, 0.15) is 24.0 Å². The molecule has 2 unspecified atom stereocenters. The molecular weight excluding hydrogens is 236 g/mol. The van der Waals surface area contributed by atoms with Crippen LogP contribution >= 0.6 is 0 Å². The molecule has 3 nitrogen and oxygen atoms in total. The fourth-order valence-corrected chi connectivity index (χ4v) is 3.24. The average Bonchev–Trinajstić information content (AvgIpc) is 2.85. The van der Waals surface area contributed by atoms with Gasteiger partial charge in [-0.1, -0.05) is 29.8 Å². The third-order valence-corrected chi connectivity index (χ3v) is 4.43. The van der Waals surface area contributed by atoms with Crippen molar-refractivity contribution in [2.24, 2.45) is 5.92 Å². The first-order chi connectivity index (χ1) is 9.22. The first-order valence-electron chi connectivity index (χ1n) is 7.29. The van der Waals surface area contributed by atoms with Gasteiger partial charge in [0.25, 0.3) is 0 Å². The normalized spacial score (nSPS) is 26.3. The highest BCUT2D eigenvalue weighted by Crippen LogP contribution is 2.25. The number of rotatable bonds is 2. The molecule has 0 spiro atoms. The zero-order chi connectivity index (χ0) is 13.2. The molecule has 0 saturated carbocycles. The summed E-state index contributed by atoms with van der Waals surface area (Å²) in [5, 5.41) is 3.54. The predicted molar refractivity (Wildman–Crippen MR) is 76.0 cm³/mol. The Balaban J connectivity index is 1.60. The van der Waals surface area contributed by atoms with Gasteiger partial charge in [0.05, 0.1) is 6.42 Å². The largest absolute Gasteiger partial charge is 0.341 e. The van der Waals surface area contributed by atoms with Crippen molar-refractivity contribution in [1.82, 2.24) is 10.2 Å². The molecule has 1 aromatic rings. The second-order valence-electron chi connectivity index (χ2n) is 5.92. The molecule has 19 heavy (non-hydrogen) atoms. The van der Waals surface area contributed by atoms with Crippen molar-refractivity contribution in [2.45, 2.75) is 32.2 Å². The van der Waals surface area contributed by atoms with E-state index in [1.54, 1.807) is 0 Å². The van der Waals surface area contributed by atoms with Crippen LogP contribution in [-0.4, -0.2) is 36.5 Å². The fourth-order valence-electron chi connectivity index (χ4n) is 3.24. The summed E-state index contributed by atoms with van der Waals surface area (Å²) in [4.78, 5) is 14.4. The van der Waals surface area contributed by atoms with Crippen molar-refractivity contribution in [3.8, 4) is 0 Å². The van der Waals surface area contributed by atoms with Crippen LogP contribution in [0.5, 0.6) is 0 Å². The maximum absolute atomic E-state index is 12.3. The Morgan fingerprint density at radius 1 is 1.32 bits per heavy atom. The molecule has 0 bridgehead atoms. The van der Waals surface area contributed by atoms with Crippen molar-refractivity contribution in [1.29, 1.82) is 0 Å². The molecule has 1 N–H and O–H groups in total. The lowest BCUT2D eigenvalue weighted by Gasteiger charge is -2.24. The van der Waals surface area contributed by atoms with Crippen molar-refractivity contribution < 1.29 is 4.79 Å². The van der Waals surface area contributed by atoms with Gasteiger partial charge in [0.2, 0.25) is 5.91 Å². The number of fused-ring (bicyclic) bond motifs is 1. The van der Waals surface area contributed by atoms with Crippen LogP contribution in [0.15, 0.2) is 24.3 Å². The van der Waals surface area contributed by atoms with Crippen LogP contribution < -0.4 is 5.32 Å². The molecule has 2 atom stereocenters. The Labute approximate surface area is 115 Å². The second-order valence-corrected chi connectivity index (χ2v) is 5.92. The summed E-state index contributed by atoms with van der Waals surface area (Å²) in [5.41, 5.74) is 2.37. The number of benzene rings is 1. The lowest BCUT2D eigenvalue weighted by atomic mass is 9.94. The maximum atomic E-state index is 12.3. The molecule has 1 aromatic carbocycles. The molecule has 0 aromatic heterocycles. The molecule has 2 heterocycles. The molecular formula is C16H22N2O. The maximum Gasteiger partial charge on any atom is 0.227 e. The number of likely N-dealkylation sites (tertiary alicyclic amines) is 1. The Morgan fingerprint density at radius 2 is 2.11 bits per heavy atom. The van der Waals surface area contributed by atoms with E-state index in [9.17, 15) is 4.79 Å². The number of amides is 1. The van der Waals surface area contributed by atoms with E-state index < -0.39 is 0 Å². The summed E-state index contributed by atoms with van der Waals surface area (Å²) >= 11 is 0.